The van der Waals surface area contributed by atoms with Gasteiger partial charge in [-0.1, -0.05) is 26.0 Å². The fraction of sp³-hybridized carbons (Fsp3) is 0.312. The summed E-state index contributed by atoms with van der Waals surface area (Å²) in [6.45, 7) is 3.39. The van der Waals surface area contributed by atoms with Crippen LogP contribution in [0.2, 0.25) is 0 Å². The first-order valence-corrected chi connectivity index (χ1v) is 9.66. The Balaban J connectivity index is 3.07. The van der Waals surface area contributed by atoms with Crippen LogP contribution in [0.15, 0.2) is 22.7 Å². The number of benzene rings is 2. The Morgan fingerprint density at radius 2 is 1.75 bits per heavy atom. The lowest BCUT2D eigenvalue weighted by Crippen LogP contribution is -2.18. The largest absolute Gasteiger partial charge is 0.399 e. The third kappa shape index (κ3) is 2.94. The van der Waals surface area contributed by atoms with Crippen LogP contribution in [-0.4, -0.2) is 16.1 Å². The summed E-state index contributed by atoms with van der Waals surface area (Å²) in [5.74, 6) is 0. The van der Waals surface area contributed by atoms with Crippen molar-refractivity contribution in [1.29, 1.82) is 0 Å². The van der Waals surface area contributed by atoms with Gasteiger partial charge in [0.1, 0.15) is 6.29 Å². The highest BCUT2D eigenvalue weighted by Crippen LogP contribution is 2.62. The zero-order valence-electron chi connectivity index (χ0n) is 13.0. The monoisotopic (exact) mass is 420 g/mol. The molecule has 0 heterocycles. The smallest absolute Gasteiger partial charge is 0.320 e. The molecule has 0 aliphatic heterocycles. The fourth-order valence-corrected chi connectivity index (χ4v) is 4.53. The maximum atomic E-state index is 14.5. The van der Waals surface area contributed by atoms with E-state index in [9.17, 15) is 18.1 Å². The van der Waals surface area contributed by atoms with Crippen molar-refractivity contribution >= 4 is 40.6 Å². The zero-order chi connectivity index (χ0) is 18.3. The summed E-state index contributed by atoms with van der Waals surface area (Å²) >= 11 is 3.13. The van der Waals surface area contributed by atoms with Crippen LogP contribution in [0.5, 0.6) is 0 Å². The SMILES string of the molecule is CCc1c(Br)c(C(F)(F)P(=O)(O)O)c(CC)c2cc(C=O)ccc12. The van der Waals surface area contributed by atoms with E-state index in [-0.39, 0.29) is 16.5 Å². The van der Waals surface area contributed by atoms with Crippen LogP contribution in [0.4, 0.5) is 8.78 Å². The Morgan fingerprint density at radius 1 is 1.17 bits per heavy atom. The Labute approximate surface area is 146 Å². The van der Waals surface area contributed by atoms with Crippen molar-refractivity contribution in [2.45, 2.75) is 32.4 Å². The van der Waals surface area contributed by atoms with Crippen LogP contribution in [0, 0.1) is 0 Å². The highest BCUT2D eigenvalue weighted by atomic mass is 79.9. The van der Waals surface area contributed by atoms with Gasteiger partial charge in [-0.2, -0.15) is 8.78 Å². The van der Waals surface area contributed by atoms with Crippen molar-refractivity contribution in [2.75, 3.05) is 0 Å². The molecule has 0 bridgehead atoms. The van der Waals surface area contributed by atoms with E-state index in [0.717, 1.165) is 0 Å². The molecule has 2 aromatic rings. The van der Waals surface area contributed by atoms with E-state index in [1.807, 2.05) is 0 Å². The van der Waals surface area contributed by atoms with E-state index in [4.69, 9.17) is 9.79 Å². The molecule has 2 aromatic carbocycles. The van der Waals surface area contributed by atoms with Gasteiger partial charge in [-0.05, 0) is 56.7 Å². The van der Waals surface area contributed by atoms with Crippen molar-refractivity contribution in [2.24, 2.45) is 0 Å². The van der Waals surface area contributed by atoms with Crippen molar-refractivity contribution in [3.8, 4) is 0 Å². The number of aldehydes is 1. The van der Waals surface area contributed by atoms with E-state index in [2.05, 4.69) is 15.9 Å². The highest BCUT2D eigenvalue weighted by Gasteiger charge is 2.53. The molecule has 0 aliphatic rings. The summed E-state index contributed by atoms with van der Waals surface area (Å²) in [5.41, 5.74) is -4.08. The van der Waals surface area contributed by atoms with E-state index < -0.39 is 18.8 Å². The summed E-state index contributed by atoms with van der Waals surface area (Å²) in [6.07, 6.45) is 1.12. The normalized spacial score (nSPS) is 12.6. The average molecular weight is 421 g/mol. The molecule has 0 amide bonds. The van der Waals surface area contributed by atoms with Crippen molar-refractivity contribution in [1.82, 2.24) is 0 Å². The Hall–Kier alpha value is -1.14. The van der Waals surface area contributed by atoms with E-state index in [0.29, 0.717) is 34.6 Å². The third-order valence-electron chi connectivity index (χ3n) is 3.99. The van der Waals surface area contributed by atoms with E-state index in [1.54, 1.807) is 26.0 Å². The molecular formula is C16H16BrF2O4P. The molecule has 2 rings (SSSR count). The summed E-state index contributed by atoms with van der Waals surface area (Å²) in [5, 5.41) is 1.09. The number of alkyl halides is 2. The van der Waals surface area contributed by atoms with Gasteiger partial charge in [0.05, 0.1) is 5.56 Å². The van der Waals surface area contributed by atoms with Crippen LogP contribution in [0.3, 0.4) is 0 Å². The Morgan fingerprint density at radius 3 is 2.21 bits per heavy atom. The molecule has 0 saturated heterocycles. The Kier molecular flexibility index (Phi) is 5.31. The number of carbonyl (C=O) groups is 1. The molecule has 130 valence electrons. The number of halogens is 3. The van der Waals surface area contributed by atoms with Crippen LogP contribution >= 0.6 is 23.5 Å². The van der Waals surface area contributed by atoms with Gasteiger partial charge in [-0.3, -0.25) is 9.36 Å². The third-order valence-corrected chi connectivity index (χ3v) is 5.82. The quantitative estimate of drug-likeness (QED) is 0.539. The van der Waals surface area contributed by atoms with Gasteiger partial charge in [0, 0.05) is 10.0 Å². The van der Waals surface area contributed by atoms with Gasteiger partial charge >= 0.3 is 13.3 Å². The van der Waals surface area contributed by atoms with Gasteiger partial charge in [-0.15, -0.1) is 0 Å². The lowest BCUT2D eigenvalue weighted by molar-refractivity contribution is 0.0549. The van der Waals surface area contributed by atoms with Crippen LogP contribution in [-0.2, 0) is 23.1 Å². The fourth-order valence-electron chi connectivity index (χ4n) is 2.86. The summed E-state index contributed by atoms with van der Waals surface area (Å²) < 4.78 is 40.5. The maximum absolute atomic E-state index is 14.5. The number of hydrogen-bond acceptors (Lipinski definition) is 2. The maximum Gasteiger partial charge on any atom is 0.399 e. The molecule has 0 unspecified atom stereocenters. The number of fused-ring (bicyclic) bond motifs is 1. The first-order valence-electron chi connectivity index (χ1n) is 7.26. The van der Waals surface area contributed by atoms with Gasteiger partial charge in [0.15, 0.2) is 0 Å². The first kappa shape index (κ1) is 19.2. The molecule has 24 heavy (non-hydrogen) atoms. The zero-order valence-corrected chi connectivity index (χ0v) is 15.5. The topological polar surface area (TPSA) is 74.6 Å². The molecule has 0 saturated carbocycles. The molecule has 0 spiro atoms. The first-order chi connectivity index (χ1) is 11.1. The molecule has 0 fully saturated rings. The van der Waals surface area contributed by atoms with Crippen LogP contribution in [0.1, 0.15) is 40.9 Å². The average Bonchev–Trinajstić information content (AvgIpc) is 2.51. The number of hydrogen-bond donors (Lipinski definition) is 2. The molecular weight excluding hydrogens is 405 g/mol. The van der Waals surface area contributed by atoms with Crippen molar-refractivity contribution in [3.05, 3.63) is 44.9 Å². The van der Waals surface area contributed by atoms with Gasteiger partial charge < -0.3 is 9.79 Å². The summed E-state index contributed by atoms with van der Waals surface area (Å²) in [7, 11) is -5.72. The minimum absolute atomic E-state index is 0.00141. The molecule has 0 aliphatic carbocycles. The summed E-state index contributed by atoms with van der Waals surface area (Å²) in [4.78, 5) is 29.4. The number of rotatable bonds is 5. The van der Waals surface area contributed by atoms with Gasteiger partial charge in [0.2, 0.25) is 0 Å². The lowest BCUT2D eigenvalue weighted by atomic mass is 9.91. The second kappa shape index (κ2) is 6.64. The van der Waals surface area contributed by atoms with E-state index >= 15 is 0 Å². The van der Waals surface area contributed by atoms with Gasteiger partial charge in [0.25, 0.3) is 0 Å². The predicted octanol–water partition coefficient (Wildman–Crippen LogP) is 4.77. The molecule has 4 nitrogen and oxygen atoms in total. The number of aryl methyl sites for hydroxylation is 2. The summed E-state index contributed by atoms with van der Waals surface area (Å²) in [6, 6.07) is 4.73. The van der Waals surface area contributed by atoms with Gasteiger partial charge in [-0.25, -0.2) is 0 Å². The lowest BCUT2D eigenvalue weighted by Gasteiger charge is -2.25. The van der Waals surface area contributed by atoms with E-state index in [1.165, 1.54) is 6.07 Å². The second-order valence-electron chi connectivity index (χ2n) is 5.36. The van der Waals surface area contributed by atoms with Crippen molar-refractivity contribution < 1.29 is 27.9 Å². The Bertz CT molecular complexity index is 861. The second-order valence-corrected chi connectivity index (χ2v) is 7.80. The molecule has 8 heteroatoms. The molecule has 0 atom stereocenters. The van der Waals surface area contributed by atoms with Crippen molar-refractivity contribution in [3.63, 3.8) is 0 Å². The minimum Gasteiger partial charge on any atom is -0.320 e. The van der Waals surface area contributed by atoms with Crippen LogP contribution < -0.4 is 0 Å². The standard InChI is InChI=1S/C16H16BrF2O4P/c1-3-10-13-7-9(8-20)5-6-12(13)11(4-2)15(17)14(10)16(18,19)24(21,22)23/h5-8H,3-4H2,1-2H3,(H2,21,22,23). The molecule has 2 N–H and O–H groups in total. The highest BCUT2D eigenvalue weighted by molar-refractivity contribution is 9.10. The molecule has 0 radical (unpaired) electrons. The predicted molar refractivity (Wildman–Crippen MR) is 91.7 cm³/mol. The molecule has 0 aromatic heterocycles. The minimum atomic E-state index is -5.72. The number of carbonyl (C=O) groups excluding carboxylic acids is 1. The van der Waals surface area contributed by atoms with Crippen LogP contribution in [0.25, 0.3) is 10.8 Å².